The first-order valence-corrected chi connectivity index (χ1v) is 5.91. The molecule has 0 bridgehead atoms. The first kappa shape index (κ1) is 12.7. The Morgan fingerprint density at radius 3 is 2.69 bits per heavy atom. The van der Waals surface area contributed by atoms with Crippen molar-refractivity contribution >= 4 is 11.6 Å². The molecule has 90 valence electrons. The van der Waals surface area contributed by atoms with E-state index < -0.39 is 0 Å². The molecule has 1 rings (SSSR count). The molecule has 0 aromatic carbocycles. The predicted octanol–water partition coefficient (Wildman–Crippen LogP) is 2.45. The number of nitrogens with one attached hydrogen (secondary N) is 1. The maximum absolute atomic E-state index is 4.34. The van der Waals surface area contributed by atoms with Crippen LogP contribution in [0.15, 0.2) is 6.33 Å². The maximum atomic E-state index is 4.34. The summed E-state index contributed by atoms with van der Waals surface area (Å²) in [6.07, 6.45) is 5.35. The standard InChI is InChI=1S/C12H22N4/c1-5-6-7-8-16(4)12-10(2)11(13-3)14-9-15-12/h9H,5-8H2,1-4H3,(H,13,14,15). The SMILES string of the molecule is CCCCCN(C)c1ncnc(NC)c1C. The van der Waals surface area contributed by atoms with Gasteiger partial charge in [0.15, 0.2) is 0 Å². The Balaban J connectivity index is 2.71. The third-order valence-corrected chi connectivity index (χ3v) is 2.75. The minimum absolute atomic E-state index is 0.910. The van der Waals surface area contributed by atoms with Crippen molar-refractivity contribution in [3.05, 3.63) is 11.9 Å². The first-order valence-electron chi connectivity index (χ1n) is 5.91. The average Bonchev–Trinajstić information content (AvgIpc) is 2.29. The van der Waals surface area contributed by atoms with E-state index in [1.165, 1.54) is 19.3 Å². The van der Waals surface area contributed by atoms with Gasteiger partial charge < -0.3 is 10.2 Å². The van der Waals surface area contributed by atoms with E-state index in [0.717, 1.165) is 23.7 Å². The van der Waals surface area contributed by atoms with E-state index in [0.29, 0.717) is 0 Å². The van der Waals surface area contributed by atoms with E-state index in [-0.39, 0.29) is 0 Å². The summed E-state index contributed by atoms with van der Waals surface area (Å²) in [6.45, 7) is 5.32. The number of rotatable bonds is 6. The molecule has 4 heteroatoms. The van der Waals surface area contributed by atoms with Gasteiger partial charge in [-0.05, 0) is 13.3 Å². The molecule has 1 aromatic rings. The summed E-state index contributed by atoms with van der Waals surface area (Å²) in [6, 6.07) is 0. The molecule has 0 amide bonds. The molecule has 0 aliphatic carbocycles. The Morgan fingerprint density at radius 2 is 2.06 bits per heavy atom. The fraction of sp³-hybridized carbons (Fsp3) is 0.667. The van der Waals surface area contributed by atoms with Crippen LogP contribution in [0, 0.1) is 6.92 Å². The third-order valence-electron chi connectivity index (χ3n) is 2.75. The highest BCUT2D eigenvalue weighted by Crippen LogP contribution is 2.20. The van der Waals surface area contributed by atoms with Gasteiger partial charge in [0.1, 0.15) is 18.0 Å². The number of hydrogen-bond acceptors (Lipinski definition) is 4. The molecule has 16 heavy (non-hydrogen) atoms. The van der Waals surface area contributed by atoms with Crippen LogP contribution >= 0.6 is 0 Å². The van der Waals surface area contributed by atoms with Crippen molar-refractivity contribution in [2.75, 3.05) is 30.9 Å². The van der Waals surface area contributed by atoms with Crippen LogP contribution in [0.4, 0.5) is 11.6 Å². The van der Waals surface area contributed by atoms with Gasteiger partial charge in [-0.15, -0.1) is 0 Å². The minimum atomic E-state index is 0.910. The number of anilines is 2. The monoisotopic (exact) mass is 222 g/mol. The van der Waals surface area contributed by atoms with Crippen molar-refractivity contribution in [3.63, 3.8) is 0 Å². The second-order valence-corrected chi connectivity index (χ2v) is 4.05. The zero-order chi connectivity index (χ0) is 12.0. The van der Waals surface area contributed by atoms with Crippen LogP contribution in [-0.2, 0) is 0 Å². The molecule has 0 aliphatic rings. The lowest BCUT2D eigenvalue weighted by atomic mass is 10.2. The van der Waals surface area contributed by atoms with Gasteiger partial charge in [-0.25, -0.2) is 9.97 Å². The van der Waals surface area contributed by atoms with Gasteiger partial charge in [0.2, 0.25) is 0 Å². The van der Waals surface area contributed by atoms with Gasteiger partial charge in [0.25, 0.3) is 0 Å². The lowest BCUT2D eigenvalue weighted by Gasteiger charge is -2.20. The predicted molar refractivity (Wildman–Crippen MR) is 69.1 cm³/mol. The summed E-state index contributed by atoms with van der Waals surface area (Å²) >= 11 is 0. The van der Waals surface area contributed by atoms with Crippen LogP contribution in [0.1, 0.15) is 31.7 Å². The van der Waals surface area contributed by atoms with E-state index in [2.05, 4.69) is 41.1 Å². The Hall–Kier alpha value is -1.32. The smallest absolute Gasteiger partial charge is 0.136 e. The first-order chi connectivity index (χ1) is 7.70. The van der Waals surface area contributed by atoms with Crippen molar-refractivity contribution in [3.8, 4) is 0 Å². The van der Waals surface area contributed by atoms with E-state index in [9.17, 15) is 0 Å². The van der Waals surface area contributed by atoms with Crippen LogP contribution in [0.5, 0.6) is 0 Å². The summed E-state index contributed by atoms with van der Waals surface area (Å²) in [7, 11) is 3.97. The molecule has 0 unspecified atom stereocenters. The molecular weight excluding hydrogens is 200 g/mol. The molecule has 0 spiro atoms. The highest BCUT2D eigenvalue weighted by molar-refractivity contribution is 5.57. The molecule has 0 aliphatic heterocycles. The lowest BCUT2D eigenvalue weighted by molar-refractivity contribution is 0.700. The summed E-state index contributed by atoms with van der Waals surface area (Å²) in [4.78, 5) is 10.7. The van der Waals surface area contributed by atoms with Crippen molar-refractivity contribution in [2.24, 2.45) is 0 Å². The maximum Gasteiger partial charge on any atom is 0.136 e. The van der Waals surface area contributed by atoms with Gasteiger partial charge in [0.05, 0.1) is 0 Å². The third kappa shape index (κ3) is 3.08. The van der Waals surface area contributed by atoms with Gasteiger partial charge in [-0.2, -0.15) is 0 Å². The number of unbranched alkanes of at least 4 members (excludes halogenated alkanes) is 2. The molecule has 0 saturated carbocycles. The zero-order valence-corrected chi connectivity index (χ0v) is 10.7. The second-order valence-electron chi connectivity index (χ2n) is 4.05. The number of hydrogen-bond donors (Lipinski definition) is 1. The Kier molecular flexibility index (Phi) is 5.02. The Morgan fingerprint density at radius 1 is 1.31 bits per heavy atom. The molecule has 0 fully saturated rings. The van der Waals surface area contributed by atoms with E-state index in [1.54, 1.807) is 6.33 Å². The zero-order valence-electron chi connectivity index (χ0n) is 10.7. The van der Waals surface area contributed by atoms with Crippen molar-refractivity contribution in [2.45, 2.75) is 33.1 Å². The number of nitrogens with zero attached hydrogens (tertiary/aromatic N) is 3. The van der Waals surface area contributed by atoms with Gasteiger partial charge in [0, 0.05) is 26.2 Å². The largest absolute Gasteiger partial charge is 0.373 e. The average molecular weight is 222 g/mol. The fourth-order valence-electron chi connectivity index (χ4n) is 1.78. The summed E-state index contributed by atoms with van der Waals surface area (Å²) in [5, 5.41) is 3.08. The van der Waals surface area contributed by atoms with Crippen molar-refractivity contribution < 1.29 is 0 Å². The highest BCUT2D eigenvalue weighted by atomic mass is 15.2. The molecule has 1 heterocycles. The van der Waals surface area contributed by atoms with E-state index in [4.69, 9.17) is 0 Å². The molecule has 0 atom stereocenters. The summed E-state index contributed by atoms with van der Waals surface area (Å²) in [5.41, 5.74) is 1.11. The van der Waals surface area contributed by atoms with Gasteiger partial charge >= 0.3 is 0 Å². The Labute approximate surface area is 98.1 Å². The van der Waals surface area contributed by atoms with Crippen LogP contribution in [-0.4, -0.2) is 30.6 Å². The molecule has 0 radical (unpaired) electrons. The summed E-state index contributed by atoms with van der Waals surface area (Å²) in [5.74, 6) is 1.93. The van der Waals surface area contributed by atoms with Crippen LogP contribution < -0.4 is 10.2 Å². The summed E-state index contributed by atoms with van der Waals surface area (Å²) < 4.78 is 0. The van der Waals surface area contributed by atoms with Gasteiger partial charge in [-0.1, -0.05) is 19.8 Å². The highest BCUT2D eigenvalue weighted by Gasteiger charge is 2.09. The van der Waals surface area contributed by atoms with E-state index in [1.807, 2.05) is 7.05 Å². The van der Waals surface area contributed by atoms with Crippen molar-refractivity contribution in [1.82, 2.24) is 9.97 Å². The second kappa shape index (κ2) is 6.30. The lowest BCUT2D eigenvalue weighted by Crippen LogP contribution is -2.21. The van der Waals surface area contributed by atoms with E-state index >= 15 is 0 Å². The minimum Gasteiger partial charge on any atom is -0.373 e. The molecule has 1 aromatic heterocycles. The Bertz CT molecular complexity index is 325. The molecule has 4 nitrogen and oxygen atoms in total. The van der Waals surface area contributed by atoms with Crippen LogP contribution in [0.25, 0.3) is 0 Å². The quantitative estimate of drug-likeness (QED) is 0.751. The van der Waals surface area contributed by atoms with Crippen LogP contribution in [0.2, 0.25) is 0 Å². The fourth-order valence-corrected chi connectivity index (χ4v) is 1.78. The van der Waals surface area contributed by atoms with Gasteiger partial charge in [-0.3, -0.25) is 0 Å². The molecular formula is C12H22N4. The number of aromatic nitrogens is 2. The topological polar surface area (TPSA) is 41.1 Å². The molecule has 0 saturated heterocycles. The van der Waals surface area contributed by atoms with Crippen LogP contribution in [0.3, 0.4) is 0 Å². The molecule has 1 N–H and O–H groups in total. The normalized spacial score (nSPS) is 10.2. The van der Waals surface area contributed by atoms with Crippen molar-refractivity contribution in [1.29, 1.82) is 0 Å².